The molecular weight excluding hydrogens is 438 g/mol. The first-order chi connectivity index (χ1) is 10.9. The molecule has 0 saturated heterocycles. The predicted octanol–water partition coefficient (Wildman–Crippen LogP) is 3.17. The number of ether oxygens (including phenoxy) is 1. The molecule has 0 aromatic heterocycles. The summed E-state index contributed by atoms with van der Waals surface area (Å²) in [6.45, 7) is 0. The number of methoxy groups -OCH3 is 1. The van der Waals surface area contributed by atoms with Crippen molar-refractivity contribution in [1.29, 1.82) is 0 Å². The van der Waals surface area contributed by atoms with Crippen molar-refractivity contribution >= 4 is 46.0 Å². The quantitative estimate of drug-likeness (QED) is 0.560. The fraction of sp³-hybridized carbons (Fsp3) is 0.0667. The average molecular weight is 449 g/mol. The van der Waals surface area contributed by atoms with Crippen LogP contribution in [0.2, 0.25) is 5.02 Å². The third-order valence-electron chi connectivity index (χ3n) is 2.87. The molecule has 0 unspecified atom stereocenters. The lowest BCUT2D eigenvalue weighted by Gasteiger charge is -2.11. The molecule has 8 heteroatoms. The van der Waals surface area contributed by atoms with Gasteiger partial charge in [-0.2, -0.15) is 0 Å². The van der Waals surface area contributed by atoms with Gasteiger partial charge in [0.05, 0.1) is 18.2 Å². The number of rotatable bonds is 3. The number of benzene rings is 2. The number of halogens is 3. The van der Waals surface area contributed by atoms with Crippen molar-refractivity contribution in [2.24, 2.45) is 0 Å². The highest BCUT2D eigenvalue weighted by Crippen LogP contribution is 2.22. The lowest BCUT2D eigenvalue weighted by Crippen LogP contribution is -2.42. The first kappa shape index (κ1) is 17.5. The van der Waals surface area contributed by atoms with Crippen molar-refractivity contribution in [1.82, 2.24) is 10.9 Å². The molecule has 120 valence electrons. The van der Waals surface area contributed by atoms with E-state index in [2.05, 4.69) is 10.9 Å². The minimum absolute atomic E-state index is 0.175. The van der Waals surface area contributed by atoms with Gasteiger partial charge in [0.2, 0.25) is 0 Å². The number of hydrogen-bond donors (Lipinski definition) is 2. The summed E-state index contributed by atoms with van der Waals surface area (Å²) in [4.78, 5) is 24.1. The summed E-state index contributed by atoms with van der Waals surface area (Å²) < 4.78 is 18.5. The van der Waals surface area contributed by atoms with Crippen molar-refractivity contribution in [2.45, 2.75) is 0 Å². The Bertz CT molecular complexity index is 770. The highest BCUT2D eigenvalue weighted by atomic mass is 127. The second kappa shape index (κ2) is 7.60. The van der Waals surface area contributed by atoms with Gasteiger partial charge in [-0.25, -0.2) is 4.39 Å². The van der Waals surface area contributed by atoms with Crippen LogP contribution in [0, 0.1) is 9.39 Å². The van der Waals surface area contributed by atoms with Crippen molar-refractivity contribution < 1.29 is 18.7 Å². The smallest absolute Gasteiger partial charge is 0.273 e. The monoisotopic (exact) mass is 448 g/mol. The molecule has 2 N–H and O–H groups in total. The fourth-order valence-electron chi connectivity index (χ4n) is 1.78. The summed E-state index contributed by atoms with van der Waals surface area (Å²) in [5, 5.41) is 0.357. The van der Waals surface area contributed by atoms with Gasteiger partial charge in [0.1, 0.15) is 11.6 Å². The standard InChI is InChI=1S/C15H11ClFIN2O3/c1-23-13-5-2-8(16)6-11(13)15(22)20-19-14(21)10-4-3-9(17)7-12(10)18/h2-7H,1H3,(H,19,21)(H,20,22). The first-order valence-corrected chi connectivity index (χ1v) is 7.77. The number of carbonyl (C=O) groups is 2. The molecule has 0 fully saturated rings. The van der Waals surface area contributed by atoms with Gasteiger partial charge in [-0.05, 0) is 59.0 Å². The van der Waals surface area contributed by atoms with Crippen molar-refractivity contribution in [3.63, 3.8) is 0 Å². The molecule has 2 aromatic rings. The Hall–Kier alpha value is -1.87. The molecule has 0 bridgehead atoms. The van der Waals surface area contributed by atoms with Crippen LogP contribution in [0.25, 0.3) is 0 Å². The van der Waals surface area contributed by atoms with Crippen molar-refractivity contribution in [3.8, 4) is 5.75 Å². The minimum Gasteiger partial charge on any atom is -0.496 e. The summed E-state index contributed by atoms with van der Waals surface area (Å²) >= 11 is 7.69. The zero-order valence-electron chi connectivity index (χ0n) is 11.8. The Labute approximate surface area is 150 Å². The van der Waals surface area contributed by atoms with E-state index in [1.54, 1.807) is 12.1 Å². The van der Waals surface area contributed by atoms with Crippen molar-refractivity contribution in [3.05, 3.63) is 61.9 Å². The van der Waals surface area contributed by atoms with E-state index in [0.717, 1.165) is 0 Å². The molecule has 0 aliphatic heterocycles. The molecule has 2 rings (SSSR count). The average Bonchev–Trinajstić information content (AvgIpc) is 2.52. The maximum absolute atomic E-state index is 13.0. The molecule has 2 aromatic carbocycles. The lowest BCUT2D eigenvalue weighted by atomic mass is 10.2. The summed E-state index contributed by atoms with van der Waals surface area (Å²) in [6.07, 6.45) is 0. The van der Waals surface area contributed by atoms with E-state index in [1.165, 1.54) is 31.4 Å². The normalized spacial score (nSPS) is 10.1. The predicted molar refractivity (Wildman–Crippen MR) is 92.1 cm³/mol. The van der Waals surface area contributed by atoms with Gasteiger partial charge in [0.25, 0.3) is 11.8 Å². The number of hydrazine groups is 1. The maximum atomic E-state index is 13.0. The van der Waals surface area contributed by atoms with Gasteiger partial charge in [-0.15, -0.1) is 0 Å². The van der Waals surface area contributed by atoms with Crippen LogP contribution in [-0.4, -0.2) is 18.9 Å². The molecule has 0 spiro atoms. The molecule has 0 radical (unpaired) electrons. The second-order valence-electron chi connectivity index (χ2n) is 4.38. The topological polar surface area (TPSA) is 67.4 Å². The van der Waals surface area contributed by atoms with Crippen LogP contribution in [0.5, 0.6) is 5.75 Å². The molecule has 0 aliphatic rings. The van der Waals surface area contributed by atoms with E-state index in [0.29, 0.717) is 14.3 Å². The number of hydrogen-bond acceptors (Lipinski definition) is 3. The Morgan fingerprint density at radius 3 is 2.35 bits per heavy atom. The Balaban J connectivity index is 2.10. The van der Waals surface area contributed by atoms with Gasteiger partial charge in [-0.3, -0.25) is 20.4 Å². The van der Waals surface area contributed by atoms with Crippen LogP contribution in [0.4, 0.5) is 4.39 Å². The highest BCUT2D eigenvalue weighted by Gasteiger charge is 2.15. The van der Waals surface area contributed by atoms with E-state index in [-0.39, 0.29) is 11.1 Å². The molecule has 5 nitrogen and oxygen atoms in total. The Morgan fingerprint density at radius 1 is 1.09 bits per heavy atom. The number of carbonyl (C=O) groups excluding carboxylic acids is 2. The van der Waals surface area contributed by atoms with E-state index in [9.17, 15) is 14.0 Å². The molecule has 0 aliphatic carbocycles. The zero-order chi connectivity index (χ0) is 17.0. The lowest BCUT2D eigenvalue weighted by molar-refractivity contribution is 0.0844. The molecule has 23 heavy (non-hydrogen) atoms. The van der Waals surface area contributed by atoms with E-state index in [4.69, 9.17) is 16.3 Å². The van der Waals surface area contributed by atoms with Crippen molar-refractivity contribution in [2.75, 3.05) is 7.11 Å². The zero-order valence-corrected chi connectivity index (χ0v) is 14.7. The van der Waals surface area contributed by atoms with Crippen LogP contribution in [0.15, 0.2) is 36.4 Å². The third kappa shape index (κ3) is 4.32. The first-order valence-electron chi connectivity index (χ1n) is 6.31. The summed E-state index contributed by atoms with van der Waals surface area (Å²) in [5.74, 6) is -1.28. The maximum Gasteiger partial charge on any atom is 0.273 e. The van der Waals surface area contributed by atoms with Gasteiger partial charge in [-0.1, -0.05) is 11.6 Å². The summed E-state index contributed by atoms with van der Waals surface area (Å²) in [6, 6.07) is 8.26. The molecule has 0 atom stereocenters. The molecule has 0 saturated carbocycles. The Kier molecular flexibility index (Phi) is 5.78. The van der Waals surface area contributed by atoms with Crippen LogP contribution in [-0.2, 0) is 0 Å². The number of amides is 2. The van der Waals surface area contributed by atoms with Crippen LogP contribution in [0.3, 0.4) is 0 Å². The van der Waals surface area contributed by atoms with Crippen LogP contribution in [0.1, 0.15) is 20.7 Å². The van der Waals surface area contributed by atoms with Gasteiger partial charge < -0.3 is 4.74 Å². The van der Waals surface area contributed by atoms with Gasteiger partial charge in [0, 0.05) is 8.59 Å². The summed E-state index contributed by atoms with van der Waals surface area (Å²) in [5.41, 5.74) is 4.95. The van der Waals surface area contributed by atoms with Gasteiger partial charge >= 0.3 is 0 Å². The molecule has 0 heterocycles. The molecule has 2 amide bonds. The van der Waals surface area contributed by atoms with E-state index in [1.807, 2.05) is 22.6 Å². The van der Waals surface area contributed by atoms with Gasteiger partial charge in [0.15, 0.2) is 0 Å². The highest BCUT2D eigenvalue weighted by molar-refractivity contribution is 14.1. The Morgan fingerprint density at radius 2 is 1.74 bits per heavy atom. The fourth-order valence-corrected chi connectivity index (χ4v) is 2.67. The largest absolute Gasteiger partial charge is 0.496 e. The summed E-state index contributed by atoms with van der Waals surface area (Å²) in [7, 11) is 1.42. The van der Waals surface area contributed by atoms with E-state index >= 15 is 0 Å². The van der Waals surface area contributed by atoms with Crippen LogP contribution >= 0.6 is 34.2 Å². The SMILES string of the molecule is COc1ccc(Cl)cc1C(=O)NNC(=O)c1ccc(F)cc1I. The third-order valence-corrected chi connectivity index (χ3v) is 4.00. The minimum atomic E-state index is -0.588. The van der Waals surface area contributed by atoms with E-state index < -0.39 is 17.6 Å². The second-order valence-corrected chi connectivity index (χ2v) is 5.98. The number of nitrogens with one attached hydrogen (secondary N) is 2. The van der Waals surface area contributed by atoms with Crippen LogP contribution < -0.4 is 15.6 Å². The molecular formula is C15H11ClFIN2O3.